The molecule has 25 heavy (non-hydrogen) atoms. The summed E-state index contributed by atoms with van der Waals surface area (Å²) < 4.78 is 5.15. The van der Waals surface area contributed by atoms with Gasteiger partial charge < -0.3 is 10.5 Å². The van der Waals surface area contributed by atoms with E-state index in [0.717, 1.165) is 0 Å². The molecule has 0 aliphatic heterocycles. The average molecular weight is 358 g/mol. The Hall–Kier alpha value is -3.37. The second-order valence-corrected chi connectivity index (χ2v) is 5.33. The number of carbonyl (C=O) groups excluding carboxylic acids is 1. The number of amides is 1. The highest BCUT2D eigenvalue weighted by Gasteiger charge is 2.08. The van der Waals surface area contributed by atoms with E-state index < -0.39 is 10.8 Å². The lowest BCUT2D eigenvalue weighted by molar-refractivity contribution is -0.384. The van der Waals surface area contributed by atoms with Crippen molar-refractivity contribution in [3.8, 4) is 11.8 Å². The summed E-state index contributed by atoms with van der Waals surface area (Å²) in [7, 11) is 0. The van der Waals surface area contributed by atoms with Crippen LogP contribution in [0.25, 0.3) is 11.6 Å². The molecule has 0 radical (unpaired) electrons. The fourth-order valence-corrected chi connectivity index (χ4v) is 2.23. The molecule has 7 nitrogen and oxygen atoms in total. The van der Waals surface area contributed by atoms with Gasteiger partial charge in [-0.3, -0.25) is 14.9 Å². The third-order valence-corrected chi connectivity index (χ3v) is 3.44. The van der Waals surface area contributed by atoms with E-state index in [2.05, 4.69) is 0 Å². The van der Waals surface area contributed by atoms with Crippen LogP contribution in [0.5, 0.6) is 5.75 Å². The normalized spacial score (nSPS) is 10.8. The molecule has 2 rings (SSSR count). The lowest BCUT2D eigenvalue weighted by Crippen LogP contribution is -2.20. The standard InChI is InChI=1S/C17H12ClN3O4/c18-15-8-11(1-6-16(15)25-10-17(20)22)7-13(9-19)12-2-4-14(5-3-12)21(23)24/h1-8H,10H2,(H2,20,22)/b13-7+. The van der Waals surface area contributed by atoms with Gasteiger partial charge in [-0.2, -0.15) is 5.26 Å². The molecule has 0 atom stereocenters. The van der Waals surface area contributed by atoms with Crippen LogP contribution in [0, 0.1) is 21.4 Å². The molecule has 1 amide bonds. The number of allylic oxidation sites excluding steroid dienone is 1. The highest BCUT2D eigenvalue weighted by Crippen LogP contribution is 2.28. The third kappa shape index (κ3) is 4.80. The topological polar surface area (TPSA) is 119 Å². The van der Waals surface area contributed by atoms with E-state index >= 15 is 0 Å². The first kappa shape index (κ1) is 18.0. The fourth-order valence-electron chi connectivity index (χ4n) is 1.98. The number of rotatable bonds is 6. The lowest BCUT2D eigenvalue weighted by atomic mass is 10.0. The fraction of sp³-hybridized carbons (Fsp3) is 0.0588. The zero-order valence-electron chi connectivity index (χ0n) is 12.8. The van der Waals surface area contributed by atoms with Crippen LogP contribution in [-0.2, 0) is 4.79 Å². The van der Waals surface area contributed by atoms with E-state index in [-0.39, 0.29) is 17.3 Å². The Kier molecular flexibility index (Phi) is 5.71. The van der Waals surface area contributed by atoms with Crippen LogP contribution < -0.4 is 10.5 Å². The number of non-ortho nitro benzene ring substituents is 1. The smallest absolute Gasteiger partial charge is 0.269 e. The lowest BCUT2D eigenvalue weighted by Gasteiger charge is -2.07. The van der Waals surface area contributed by atoms with Crippen molar-refractivity contribution in [2.45, 2.75) is 0 Å². The van der Waals surface area contributed by atoms with E-state index in [9.17, 15) is 20.2 Å². The second kappa shape index (κ2) is 7.95. The molecule has 0 unspecified atom stereocenters. The monoisotopic (exact) mass is 357 g/mol. The number of nitriles is 1. The van der Waals surface area contributed by atoms with Crippen molar-refractivity contribution in [3.63, 3.8) is 0 Å². The maximum atomic E-state index is 10.7. The minimum absolute atomic E-state index is 0.0555. The second-order valence-electron chi connectivity index (χ2n) is 4.92. The zero-order valence-corrected chi connectivity index (χ0v) is 13.6. The highest BCUT2D eigenvalue weighted by atomic mass is 35.5. The summed E-state index contributed by atoms with van der Waals surface area (Å²) in [6.45, 7) is -0.291. The molecule has 0 fully saturated rings. The van der Waals surface area contributed by atoms with Gasteiger partial charge in [0.25, 0.3) is 11.6 Å². The van der Waals surface area contributed by atoms with Gasteiger partial charge in [0.15, 0.2) is 6.61 Å². The van der Waals surface area contributed by atoms with Crippen molar-refractivity contribution in [1.29, 1.82) is 5.26 Å². The first-order valence-electron chi connectivity index (χ1n) is 6.98. The predicted octanol–water partition coefficient (Wildman–Crippen LogP) is 3.18. The van der Waals surface area contributed by atoms with Crippen LogP contribution in [0.3, 0.4) is 0 Å². The van der Waals surface area contributed by atoms with Crippen molar-refractivity contribution >= 4 is 34.8 Å². The number of nitro benzene ring substituents is 1. The van der Waals surface area contributed by atoms with Crippen molar-refractivity contribution in [2.75, 3.05) is 6.61 Å². The summed E-state index contributed by atoms with van der Waals surface area (Å²) in [5, 5.41) is 20.3. The predicted molar refractivity (Wildman–Crippen MR) is 92.7 cm³/mol. The maximum absolute atomic E-state index is 10.7. The number of nitrogens with zero attached hydrogens (tertiary/aromatic N) is 2. The van der Waals surface area contributed by atoms with Crippen molar-refractivity contribution < 1.29 is 14.5 Å². The molecular formula is C17H12ClN3O4. The van der Waals surface area contributed by atoms with Crippen molar-refractivity contribution in [2.24, 2.45) is 5.73 Å². The van der Waals surface area contributed by atoms with Gasteiger partial charge in [0, 0.05) is 12.1 Å². The molecule has 8 heteroatoms. The number of benzene rings is 2. The third-order valence-electron chi connectivity index (χ3n) is 3.15. The number of halogens is 1. The Morgan fingerprint density at radius 1 is 1.32 bits per heavy atom. The number of nitrogens with two attached hydrogens (primary N) is 1. The van der Waals surface area contributed by atoms with Gasteiger partial charge in [-0.05, 0) is 41.5 Å². The van der Waals surface area contributed by atoms with Crippen molar-refractivity contribution in [3.05, 3.63) is 68.7 Å². The molecule has 2 aromatic carbocycles. The van der Waals surface area contributed by atoms with Crippen molar-refractivity contribution in [1.82, 2.24) is 0 Å². The van der Waals surface area contributed by atoms with Crippen LogP contribution in [0.2, 0.25) is 5.02 Å². The number of ether oxygens (including phenoxy) is 1. The van der Waals surface area contributed by atoms with E-state index in [1.807, 2.05) is 6.07 Å². The molecule has 0 heterocycles. The summed E-state index contributed by atoms with van der Waals surface area (Å²) in [6, 6.07) is 12.5. The maximum Gasteiger partial charge on any atom is 0.269 e. The Labute approximate surface area is 148 Å². The quantitative estimate of drug-likeness (QED) is 0.368. The molecule has 0 aliphatic carbocycles. The first-order chi connectivity index (χ1) is 11.9. The number of nitro groups is 1. The summed E-state index contributed by atoms with van der Waals surface area (Å²) >= 11 is 6.08. The SMILES string of the molecule is N#C/C(=C\c1ccc(OCC(N)=O)c(Cl)c1)c1ccc([N+](=O)[O-])cc1. The summed E-state index contributed by atoms with van der Waals surface area (Å²) in [5.41, 5.74) is 6.44. The van der Waals surface area contributed by atoms with Gasteiger partial charge in [-0.15, -0.1) is 0 Å². The highest BCUT2D eigenvalue weighted by molar-refractivity contribution is 6.32. The zero-order chi connectivity index (χ0) is 18.4. The van der Waals surface area contributed by atoms with Crippen LogP contribution in [0.15, 0.2) is 42.5 Å². The summed E-state index contributed by atoms with van der Waals surface area (Å²) in [4.78, 5) is 20.9. The van der Waals surface area contributed by atoms with E-state index in [4.69, 9.17) is 22.1 Å². The molecule has 0 aromatic heterocycles. The minimum atomic E-state index is -0.620. The van der Waals surface area contributed by atoms with Gasteiger partial charge in [0.2, 0.25) is 0 Å². The van der Waals surface area contributed by atoms with Gasteiger partial charge in [-0.25, -0.2) is 0 Å². The Balaban J connectivity index is 2.27. The molecule has 0 saturated carbocycles. The van der Waals surface area contributed by atoms with Gasteiger partial charge in [0.1, 0.15) is 5.75 Å². The number of primary amides is 1. The Bertz CT molecular complexity index is 886. The molecule has 0 bridgehead atoms. The Morgan fingerprint density at radius 2 is 2.00 bits per heavy atom. The minimum Gasteiger partial charge on any atom is -0.482 e. The molecular weight excluding hydrogens is 346 g/mol. The van der Waals surface area contributed by atoms with E-state index in [1.54, 1.807) is 24.3 Å². The molecule has 0 aliphatic rings. The summed E-state index contributed by atoms with van der Waals surface area (Å²) in [5.74, 6) is -0.323. The molecule has 126 valence electrons. The number of hydrogen-bond acceptors (Lipinski definition) is 5. The Morgan fingerprint density at radius 3 is 2.52 bits per heavy atom. The van der Waals surface area contributed by atoms with E-state index in [1.165, 1.54) is 24.3 Å². The van der Waals surface area contributed by atoms with Crippen LogP contribution in [0.4, 0.5) is 5.69 Å². The van der Waals surface area contributed by atoms with Crippen LogP contribution in [-0.4, -0.2) is 17.4 Å². The van der Waals surface area contributed by atoms with Gasteiger partial charge in [0.05, 0.1) is 21.6 Å². The van der Waals surface area contributed by atoms with Crippen LogP contribution in [0.1, 0.15) is 11.1 Å². The number of carbonyl (C=O) groups is 1. The largest absolute Gasteiger partial charge is 0.482 e. The average Bonchev–Trinajstić information content (AvgIpc) is 2.58. The number of hydrogen-bond donors (Lipinski definition) is 1. The van der Waals surface area contributed by atoms with Gasteiger partial charge in [-0.1, -0.05) is 17.7 Å². The van der Waals surface area contributed by atoms with Gasteiger partial charge >= 0.3 is 0 Å². The molecule has 2 N–H and O–H groups in total. The van der Waals surface area contributed by atoms with Crippen LogP contribution >= 0.6 is 11.6 Å². The first-order valence-corrected chi connectivity index (χ1v) is 7.36. The molecule has 0 spiro atoms. The molecule has 2 aromatic rings. The molecule has 0 saturated heterocycles. The van der Waals surface area contributed by atoms with E-state index in [0.29, 0.717) is 22.4 Å². The summed E-state index contributed by atoms with van der Waals surface area (Å²) in [6.07, 6.45) is 1.59.